The minimum absolute atomic E-state index is 0.0673. The first-order valence-electron chi connectivity index (χ1n) is 10.0. The number of carbonyl (C=O) groups is 4. The van der Waals surface area contributed by atoms with Crippen molar-refractivity contribution in [2.24, 2.45) is 5.92 Å². The number of amides is 3. The van der Waals surface area contributed by atoms with Crippen molar-refractivity contribution < 1.29 is 28.7 Å². The first-order valence-corrected chi connectivity index (χ1v) is 10.0. The molecule has 164 valence electrons. The molecule has 0 bridgehead atoms. The van der Waals surface area contributed by atoms with Crippen LogP contribution in [-0.2, 0) is 30.5 Å². The van der Waals surface area contributed by atoms with Crippen LogP contribution in [-0.4, -0.2) is 55.5 Å². The van der Waals surface area contributed by atoms with Gasteiger partial charge in [-0.05, 0) is 24.3 Å². The summed E-state index contributed by atoms with van der Waals surface area (Å²) in [5, 5.41) is 7.58. The number of ketones is 1. The van der Waals surface area contributed by atoms with Crippen LogP contribution in [0, 0.1) is 5.92 Å². The Morgan fingerprint density at radius 2 is 1.97 bits per heavy atom. The summed E-state index contributed by atoms with van der Waals surface area (Å²) in [7, 11) is 0. The molecule has 2 atom stereocenters. The molecular formula is C21H29N3O6. The Labute approximate surface area is 175 Å². The summed E-state index contributed by atoms with van der Waals surface area (Å²) < 4.78 is 10.6. The lowest BCUT2D eigenvalue weighted by Gasteiger charge is -2.23. The predicted molar refractivity (Wildman–Crippen MR) is 108 cm³/mol. The van der Waals surface area contributed by atoms with Gasteiger partial charge in [0.1, 0.15) is 18.7 Å². The van der Waals surface area contributed by atoms with Gasteiger partial charge >= 0.3 is 6.09 Å². The number of nitrogens with one attached hydrogen (secondary N) is 3. The third-order valence-corrected chi connectivity index (χ3v) is 4.42. The van der Waals surface area contributed by atoms with E-state index in [-0.39, 0.29) is 19.1 Å². The number of hydrogen-bond donors (Lipinski definition) is 3. The van der Waals surface area contributed by atoms with E-state index in [0.717, 1.165) is 5.56 Å². The minimum Gasteiger partial charge on any atom is -0.445 e. The molecule has 30 heavy (non-hydrogen) atoms. The van der Waals surface area contributed by atoms with Gasteiger partial charge in [-0.1, -0.05) is 44.2 Å². The molecule has 2 unspecified atom stereocenters. The standard InChI is InChI=1S/C21H29N3O6/c1-14(2)11-16(24-21(28)30-12-15-7-4-3-5-8-15)19(26)23-17-13-29-10-6-9-22-20(27)18(17)25/h3-5,7-8,14,16-17H,6,9-13H2,1-2H3,(H,22,27)(H,23,26)(H,24,28). The van der Waals surface area contributed by atoms with Crippen LogP contribution >= 0.6 is 0 Å². The molecule has 1 aliphatic heterocycles. The summed E-state index contributed by atoms with van der Waals surface area (Å²) in [4.78, 5) is 49.2. The van der Waals surface area contributed by atoms with Crippen molar-refractivity contribution >= 4 is 23.7 Å². The van der Waals surface area contributed by atoms with E-state index in [1.54, 1.807) is 0 Å². The highest BCUT2D eigenvalue weighted by Gasteiger charge is 2.31. The normalized spacial score (nSPS) is 18.4. The molecule has 2 rings (SSSR count). The second kappa shape index (κ2) is 11.9. The van der Waals surface area contributed by atoms with E-state index in [2.05, 4.69) is 16.0 Å². The second-order valence-electron chi connectivity index (χ2n) is 7.50. The summed E-state index contributed by atoms with van der Waals surface area (Å²) in [5.41, 5.74) is 0.817. The van der Waals surface area contributed by atoms with E-state index in [0.29, 0.717) is 26.0 Å². The molecule has 9 nitrogen and oxygen atoms in total. The SMILES string of the molecule is CC(C)CC(NC(=O)OCc1ccccc1)C(=O)NC1COCCCNC(=O)C1=O. The number of benzene rings is 1. The maximum Gasteiger partial charge on any atom is 0.408 e. The Morgan fingerprint density at radius 3 is 2.67 bits per heavy atom. The quantitative estimate of drug-likeness (QED) is 0.565. The highest BCUT2D eigenvalue weighted by Crippen LogP contribution is 2.07. The van der Waals surface area contributed by atoms with Gasteiger partial charge in [0.25, 0.3) is 5.91 Å². The minimum atomic E-state index is -1.12. The van der Waals surface area contributed by atoms with E-state index in [1.807, 2.05) is 44.2 Å². The first-order chi connectivity index (χ1) is 14.4. The molecule has 3 amide bonds. The number of ether oxygens (including phenoxy) is 2. The third-order valence-electron chi connectivity index (χ3n) is 4.42. The Balaban J connectivity index is 1.98. The van der Waals surface area contributed by atoms with Crippen molar-refractivity contribution in [1.82, 2.24) is 16.0 Å². The highest BCUT2D eigenvalue weighted by molar-refractivity contribution is 6.38. The molecule has 3 N–H and O–H groups in total. The Morgan fingerprint density at radius 1 is 1.23 bits per heavy atom. The molecule has 1 aromatic rings. The summed E-state index contributed by atoms with van der Waals surface area (Å²) in [6.07, 6.45) is 0.166. The maximum absolute atomic E-state index is 12.8. The molecule has 9 heteroatoms. The Bertz CT molecular complexity index is 738. The number of alkyl carbamates (subject to hydrolysis) is 1. The van der Waals surface area contributed by atoms with Gasteiger partial charge in [-0.3, -0.25) is 14.4 Å². The van der Waals surface area contributed by atoms with Crippen molar-refractivity contribution in [1.29, 1.82) is 0 Å². The molecule has 1 aromatic carbocycles. The zero-order valence-electron chi connectivity index (χ0n) is 17.3. The topological polar surface area (TPSA) is 123 Å². The van der Waals surface area contributed by atoms with Crippen LogP contribution in [0.5, 0.6) is 0 Å². The summed E-state index contributed by atoms with van der Waals surface area (Å²) >= 11 is 0. The molecule has 1 aliphatic rings. The average molecular weight is 419 g/mol. The van der Waals surface area contributed by atoms with Gasteiger partial charge in [0.15, 0.2) is 0 Å². The van der Waals surface area contributed by atoms with Crippen LogP contribution < -0.4 is 16.0 Å². The fraction of sp³-hybridized carbons (Fsp3) is 0.524. The van der Waals surface area contributed by atoms with Gasteiger partial charge in [0.2, 0.25) is 11.7 Å². The smallest absolute Gasteiger partial charge is 0.408 e. The summed E-state index contributed by atoms with van der Waals surface area (Å²) in [6.45, 7) is 4.45. The van der Waals surface area contributed by atoms with Crippen LogP contribution in [0.25, 0.3) is 0 Å². The van der Waals surface area contributed by atoms with Crippen LogP contribution in [0.4, 0.5) is 4.79 Å². The Kier molecular flexibility index (Phi) is 9.27. The molecule has 0 aliphatic carbocycles. The lowest BCUT2D eigenvalue weighted by atomic mass is 10.0. The van der Waals surface area contributed by atoms with Gasteiger partial charge in [-0.2, -0.15) is 0 Å². The number of Topliss-reactive ketones (excluding diaryl/α,β-unsaturated/α-hetero) is 1. The van der Waals surface area contributed by atoms with Crippen molar-refractivity contribution in [2.45, 2.75) is 45.4 Å². The van der Waals surface area contributed by atoms with E-state index >= 15 is 0 Å². The van der Waals surface area contributed by atoms with Crippen LogP contribution in [0.15, 0.2) is 30.3 Å². The second-order valence-corrected chi connectivity index (χ2v) is 7.50. The molecule has 1 saturated heterocycles. The molecule has 1 fully saturated rings. The number of carbonyl (C=O) groups excluding carboxylic acids is 4. The molecular weight excluding hydrogens is 390 g/mol. The maximum atomic E-state index is 12.8. The van der Waals surface area contributed by atoms with Crippen LogP contribution in [0.3, 0.4) is 0 Å². The molecule has 0 aromatic heterocycles. The third kappa shape index (κ3) is 7.82. The van der Waals surface area contributed by atoms with E-state index in [9.17, 15) is 19.2 Å². The van der Waals surface area contributed by atoms with E-state index in [1.165, 1.54) is 0 Å². The average Bonchev–Trinajstić information content (AvgIpc) is 2.79. The fourth-order valence-corrected chi connectivity index (χ4v) is 2.89. The first kappa shape index (κ1) is 23.3. The largest absolute Gasteiger partial charge is 0.445 e. The van der Waals surface area contributed by atoms with Crippen molar-refractivity contribution in [2.75, 3.05) is 19.8 Å². The predicted octanol–water partition coefficient (Wildman–Crippen LogP) is 0.918. The zero-order valence-corrected chi connectivity index (χ0v) is 17.3. The van der Waals surface area contributed by atoms with Gasteiger partial charge in [-0.15, -0.1) is 0 Å². The van der Waals surface area contributed by atoms with E-state index < -0.39 is 35.8 Å². The molecule has 0 saturated carbocycles. The summed E-state index contributed by atoms with van der Waals surface area (Å²) in [6, 6.07) is 7.12. The Hall–Kier alpha value is -2.94. The van der Waals surface area contributed by atoms with Gasteiger partial charge in [-0.25, -0.2) is 4.79 Å². The zero-order chi connectivity index (χ0) is 21.9. The van der Waals surface area contributed by atoms with Crippen LogP contribution in [0.1, 0.15) is 32.3 Å². The lowest BCUT2D eigenvalue weighted by molar-refractivity contribution is -0.140. The number of hydrogen-bond acceptors (Lipinski definition) is 6. The lowest BCUT2D eigenvalue weighted by Crippen LogP contribution is -2.55. The van der Waals surface area contributed by atoms with Crippen molar-refractivity contribution in [3.8, 4) is 0 Å². The van der Waals surface area contributed by atoms with Crippen LogP contribution in [0.2, 0.25) is 0 Å². The van der Waals surface area contributed by atoms with Crippen molar-refractivity contribution in [3.05, 3.63) is 35.9 Å². The number of rotatable bonds is 7. The molecule has 1 heterocycles. The van der Waals surface area contributed by atoms with Crippen molar-refractivity contribution in [3.63, 3.8) is 0 Å². The highest BCUT2D eigenvalue weighted by atomic mass is 16.5. The molecule has 0 spiro atoms. The fourth-order valence-electron chi connectivity index (χ4n) is 2.89. The molecule has 0 radical (unpaired) electrons. The van der Waals surface area contributed by atoms with E-state index in [4.69, 9.17) is 9.47 Å². The monoisotopic (exact) mass is 419 g/mol. The van der Waals surface area contributed by atoms with Gasteiger partial charge in [0.05, 0.1) is 6.61 Å². The van der Waals surface area contributed by atoms with Gasteiger partial charge in [0, 0.05) is 13.2 Å². The van der Waals surface area contributed by atoms with Gasteiger partial charge < -0.3 is 25.4 Å². The summed E-state index contributed by atoms with van der Waals surface area (Å²) in [5.74, 6) is -2.03.